The molecule has 0 amide bonds. The van der Waals surface area contributed by atoms with Crippen LogP contribution in [0.15, 0.2) is 70.1 Å². The molecule has 39 heavy (non-hydrogen) atoms. The Morgan fingerprint density at radius 1 is 1.13 bits per heavy atom. The fraction of sp³-hybridized carbons (Fsp3) is 0.250. The number of halogens is 2. The van der Waals surface area contributed by atoms with E-state index in [1.807, 2.05) is 0 Å². The fourth-order valence-electron chi connectivity index (χ4n) is 4.07. The zero-order valence-corrected chi connectivity index (χ0v) is 23.9. The number of esters is 1. The standard InChI is InChI=1S/C28H26Cl2N2O6S/c1-5-10-37-21-9-7-18(15-22(21)36-4)25-24(27(34)38-12-11-35-3)16(2)31-28-32(25)26(33)23(39-28)14-17-6-8-19(29)20(30)13-17/h5-9,13-15,25H,1,10-12H2,2-4H3. The highest BCUT2D eigenvalue weighted by atomic mass is 35.5. The molecule has 1 unspecified atom stereocenters. The smallest absolute Gasteiger partial charge is 0.338 e. The topological polar surface area (TPSA) is 88.4 Å². The van der Waals surface area contributed by atoms with Crippen LogP contribution in [0.4, 0.5) is 0 Å². The molecule has 0 radical (unpaired) electrons. The van der Waals surface area contributed by atoms with Crippen LogP contribution in [0.25, 0.3) is 6.08 Å². The lowest BCUT2D eigenvalue weighted by molar-refractivity contribution is -0.140. The molecular formula is C28H26Cl2N2O6S. The summed E-state index contributed by atoms with van der Waals surface area (Å²) in [5.41, 5.74) is 1.67. The van der Waals surface area contributed by atoms with E-state index in [1.54, 1.807) is 55.5 Å². The zero-order valence-electron chi connectivity index (χ0n) is 21.5. The Labute approximate surface area is 239 Å². The van der Waals surface area contributed by atoms with E-state index in [9.17, 15) is 9.59 Å². The third-order valence-corrected chi connectivity index (χ3v) is 7.59. The highest BCUT2D eigenvalue weighted by Crippen LogP contribution is 2.36. The largest absolute Gasteiger partial charge is 0.493 e. The highest BCUT2D eigenvalue weighted by Gasteiger charge is 2.34. The predicted molar refractivity (Wildman–Crippen MR) is 152 cm³/mol. The van der Waals surface area contributed by atoms with Gasteiger partial charge in [-0.3, -0.25) is 9.36 Å². The minimum atomic E-state index is -0.824. The average Bonchev–Trinajstić information content (AvgIpc) is 3.22. The third kappa shape index (κ3) is 6.12. The van der Waals surface area contributed by atoms with E-state index in [4.69, 9.17) is 42.1 Å². The van der Waals surface area contributed by atoms with Crippen molar-refractivity contribution in [3.8, 4) is 11.5 Å². The van der Waals surface area contributed by atoms with Gasteiger partial charge < -0.3 is 18.9 Å². The van der Waals surface area contributed by atoms with E-state index in [0.717, 1.165) is 0 Å². The lowest BCUT2D eigenvalue weighted by Gasteiger charge is -2.25. The summed E-state index contributed by atoms with van der Waals surface area (Å²) in [6.45, 7) is 5.96. The summed E-state index contributed by atoms with van der Waals surface area (Å²) < 4.78 is 23.6. The molecule has 0 fully saturated rings. The Morgan fingerprint density at radius 2 is 1.92 bits per heavy atom. The van der Waals surface area contributed by atoms with Gasteiger partial charge in [0.2, 0.25) is 0 Å². The van der Waals surface area contributed by atoms with Crippen LogP contribution in [-0.4, -0.2) is 44.6 Å². The lowest BCUT2D eigenvalue weighted by Crippen LogP contribution is -2.40. The van der Waals surface area contributed by atoms with Gasteiger partial charge >= 0.3 is 5.97 Å². The second kappa shape index (κ2) is 12.7. The number of carbonyl (C=O) groups excluding carboxylic acids is 1. The van der Waals surface area contributed by atoms with E-state index >= 15 is 0 Å². The van der Waals surface area contributed by atoms with Gasteiger partial charge in [-0.25, -0.2) is 9.79 Å². The second-order valence-electron chi connectivity index (χ2n) is 8.39. The minimum Gasteiger partial charge on any atom is -0.493 e. The Morgan fingerprint density at radius 3 is 2.62 bits per heavy atom. The predicted octanol–water partition coefficient (Wildman–Crippen LogP) is 4.31. The summed E-state index contributed by atoms with van der Waals surface area (Å²) in [7, 11) is 3.03. The number of benzene rings is 2. The molecule has 1 aliphatic heterocycles. The van der Waals surface area contributed by atoms with E-state index in [-0.39, 0.29) is 31.0 Å². The molecular weight excluding hydrogens is 563 g/mol. The first-order valence-electron chi connectivity index (χ1n) is 11.8. The van der Waals surface area contributed by atoms with Crippen molar-refractivity contribution >= 4 is 46.6 Å². The molecule has 8 nitrogen and oxygen atoms in total. The molecule has 0 saturated carbocycles. The lowest BCUT2D eigenvalue weighted by atomic mass is 9.95. The molecule has 2 heterocycles. The van der Waals surface area contributed by atoms with E-state index in [2.05, 4.69) is 11.6 Å². The summed E-state index contributed by atoms with van der Waals surface area (Å²) in [6, 6.07) is 9.53. The van der Waals surface area contributed by atoms with Crippen molar-refractivity contribution in [3.05, 3.63) is 101 Å². The number of methoxy groups -OCH3 is 2. The van der Waals surface area contributed by atoms with Crippen molar-refractivity contribution in [1.29, 1.82) is 0 Å². The number of nitrogens with zero attached hydrogens (tertiary/aromatic N) is 2. The van der Waals surface area contributed by atoms with Gasteiger partial charge in [0.05, 0.1) is 45.6 Å². The number of allylic oxidation sites excluding steroid dienone is 1. The van der Waals surface area contributed by atoms with Crippen molar-refractivity contribution < 1.29 is 23.7 Å². The maximum Gasteiger partial charge on any atom is 0.338 e. The van der Waals surface area contributed by atoms with Crippen molar-refractivity contribution in [3.63, 3.8) is 0 Å². The van der Waals surface area contributed by atoms with E-state index in [1.165, 1.54) is 30.1 Å². The van der Waals surface area contributed by atoms with Crippen LogP contribution in [0.3, 0.4) is 0 Å². The van der Waals surface area contributed by atoms with Crippen LogP contribution < -0.4 is 24.4 Å². The molecule has 3 aromatic rings. The monoisotopic (exact) mass is 588 g/mol. The van der Waals surface area contributed by atoms with Crippen molar-refractivity contribution in [2.45, 2.75) is 13.0 Å². The van der Waals surface area contributed by atoms with Gasteiger partial charge in [-0.1, -0.05) is 59.3 Å². The maximum atomic E-state index is 13.8. The average molecular weight is 589 g/mol. The Kier molecular flexibility index (Phi) is 9.29. The number of thiazole rings is 1. The Bertz CT molecular complexity index is 1630. The quantitative estimate of drug-likeness (QED) is 0.199. The summed E-state index contributed by atoms with van der Waals surface area (Å²) in [5, 5.41) is 0.788. The number of aromatic nitrogens is 1. The molecule has 1 atom stereocenters. The molecule has 1 aromatic heterocycles. The van der Waals surface area contributed by atoms with Gasteiger partial charge in [0, 0.05) is 7.11 Å². The van der Waals surface area contributed by atoms with Crippen LogP contribution in [0.1, 0.15) is 24.1 Å². The SMILES string of the molecule is C=CCOc1ccc(C2C(C(=O)OCCOC)=C(C)N=c3sc(=Cc4ccc(Cl)c(Cl)c4)c(=O)n32)cc1OC. The molecule has 1 aliphatic rings. The first kappa shape index (κ1) is 28.6. The molecule has 0 saturated heterocycles. The Hall–Kier alpha value is -3.37. The number of carbonyl (C=O) groups is 1. The summed E-state index contributed by atoms with van der Waals surface area (Å²) >= 11 is 13.4. The number of hydrogen-bond donors (Lipinski definition) is 0. The van der Waals surface area contributed by atoms with Crippen LogP contribution >= 0.6 is 34.5 Å². The van der Waals surface area contributed by atoms with Crippen LogP contribution in [0.5, 0.6) is 11.5 Å². The first-order valence-corrected chi connectivity index (χ1v) is 13.4. The van der Waals surface area contributed by atoms with Gasteiger partial charge in [-0.05, 0) is 48.4 Å². The summed E-state index contributed by atoms with van der Waals surface area (Å²) in [5.74, 6) is 0.343. The molecule has 0 spiro atoms. The summed E-state index contributed by atoms with van der Waals surface area (Å²) in [6.07, 6.45) is 3.34. The maximum absolute atomic E-state index is 13.8. The number of rotatable bonds is 10. The number of fused-ring (bicyclic) bond motifs is 1. The molecule has 0 bridgehead atoms. The van der Waals surface area contributed by atoms with Crippen molar-refractivity contribution in [2.75, 3.05) is 34.0 Å². The molecule has 11 heteroatoms. The second-order valence-corrected chi connectivity index (χ2v) is 10.2. The molecule has 2 aromatic carbocycles. The van der Waals surface area contributed by atoms with Gasteiger partial charge in [0.25, 0.3) is 5.56 Å². The van der Waals surface area contributed by atoms with Crippen molar-refractivity contribution in [2.24, 2.45) is 4.99 Å². The summed E-state index contributed by atoms with van der Waals surface area (Å²) in [4.78, 5) is 32.2. The number of hydrogen-bond acceptors (Lipinski definition) is 8. The van der Waals surface area contributed by atoms with Gasteiger partial charge in [-0.2, -0.15) is 0 Å². The fourth-order valence-corrected chi connectivity index (χ4v) is 5.42. The van der Waals surface area contributed by atoms with Gasteiger partial charge in [0.15, 0.2) is 16.3 Å². The van der Waals surface area contributed by atoms with Crippen LogP contribution in [0.2, 0.25) is 10.0 Å². The van der Waals surface area contributed by atoms with Crippen molar-refractivity contribution in [1.82, 2.24) is 4.57 Å². The molecule has 0 aliphatic carbocycles. The molecule has 0 N–H and O–H groups in total. The van der Waals surface area contributed by atoms with E-state index < -0.39 is 12.0 Å². The molecule has 204 valence electrons. The first-order chi connectivity index (χ1) is 18.8. The highest BCUT2D eigenvalue weighted by molar-refractivity contribution is 7.07. The normalized spacial score (nSPS) is 15.0. The van der Waals surface area contributed by atoms with Crippen LogP contribution in [-0.2, 0) is 14.3 Å². The van der Waals surface area contributed by atoms with Crippen LogP contribution in [0, 0.1) is 0 Å². The van der Waals surface area contributed by atoms with Gasteiger partial charge in [0.1, 0.15) is 13.2 Å². The molecule has 4 rings (SSSR count). The third-order valence-electron chi connectivity index (χ3n) is 5.86. The Balaban J connectivity index is 1.90. The van der Waals surface area contributed by atoms with E-state index in [0.29, 0.717) is 47.7 Å². The van der Waals surface area contributed by atoms with Gasteiger partial charge in [-0.15, -0.1) is 0 Å². The zero-order chi connectivity index (χ0) is 28.1. The minimum absolute atomic E-state index is 0.0538. The number of ether oxygens (including phenoxy) is 4.